The molecule has 0 amide bonds. The Hall–Kier alpha value is -2.68. The van der Waals surface area contributed by atoms with Crippen molar-refractivity contribution in [2.45, 2.75) is 31.6 Å². The first kappa shape index (κ1) is 18.7. The molecule has 6 nitrogen and oxygen atoms in total. The zero-order valence-electron chi connectivity index (χ0n) is 13.3. The van der Waals surface area contributed by atoms with Gasteiger partial charge in [0, 0.05) is 18.7 Å². The van der Waals surface area contributed by atoms with Gasteiger partial charge in [0.05, 0.1) is 6.04 Å². The summed E-state index contributed by atoms with van der Waals surface area (Å²) in [5.41, 5.74) is 6.57. The van der Waals surface area contributed by atoms with E-state index < -0.39 is 24.0 Å². The van der Waals surface area contributed by atoms with Crippen molar-refractivity contribution in [1.29, 1.82) is 0 Å². The van der Waals surface area contributed by atoms with Crippen LogP contribution in [0.15, 0.2) is 47.0 Å². The van der Waals surface area contributed by atoms with E-state index in [1.165, 1.54) is 0 Å². The van der Waals surface area contributed by atoms with Gasteiger partial charge in [-0.05, 0) is 12.5 Å². The minimum atomic E-state index is -4.92. The van der Waals surface area contributed by atoms with Crippen molar-refractivity contribution < 1.29 is 22.4 Å². The van der Waals surface area contributed by atoms with E-state index in [4.69, 9.17) is 10.2 Å². The van der Waals surface area contributed by atoms with Gasteiger partial charge >= 0.3 is 6.18 Å². The number of benzene rings is 1. The number of nitrogens with two attached hydrogens (primary N) is 1. The van der Waals surface area contributed by atoms with Crippen LogP contribution in [0.1, 0.15) is 36.4 Å². The van der Waals surface area contributed by atoms with Crippen LogP contribution in [0.3, 0.4) is 0 Å². The van der Waals surface area contributed by atoms with Crippen LogP contribution in [0.4, 0.5) is 13.2 Å². The fourth-order valence-electron chi connectivity index (χ4n) is 1.97. The average molecular weight is 354 g/mol. The van der Waals surface area contributed by atoms with Crippen LogP contribution in [0.25, 0.3) is 0 Å². The Kier molecular flexibility index (Phi) is 5.92. The monoisotopic (exact) mass is 354 g/mol. The van der Waals surface area contributed by atoms with E-state index in [1.54, 1.807) is 6.92 Å². The Morgan fingerprint density at radius 3 is 2.48 bits per heavy atom. The summed E-state index contributed by atoms with van der Waals surface area (Å²) in [5, 5.41) is 10.4. The summed E-state index contributed by atoms with van der Waals surface area (Å²) in [4.78, 5) is 10.9. The van der Waals surface area contributed by atoms with Gasteiger partial charge in [-0.25, -0.2) is 0 Å². The minimum absolute atomic E-state index is 0.167. The van der Waals surface area contributed by atoms with Gasteiger partial charge < -0.3 is 15.5 Å². The molecule has 9 heteroatoms. The Morgan fingerprint density at radius 1 is 1.28 bits per heavy atom. The number of hydrogen-bond acceptors (Lipinski definition) is 6. The molecule has 134 valence electrons. The summed E-state index contributed by atoms with van der Waals surface area (Å²) in [6.45, 7) is 1.67. The fourth-order valence-corrected chi connectivity index (χ4v) is 1.97. The highest BCUT2D eigenvalue weighted by Gasteiger charge is 2.36. The summed E-state index contributed by atoms with van der Waals surface area (Å²) in [6, 6.07) is 8.12. The number of allylic oxidation sites excluding steroid dienone is 1. The van der Waals surface area contributed by atoms with Gasteiger partial charge in [0.2, 0.25) is 11.8 Å². The molecule has 1 aromatic heterocycles. The summed E-state index contributed by atoms with van der Waals surface area (Å²) in [6.07, 6.45) is -3.20. The molecule has 0 bridgehead atoms. The number of nitrogens with zero attached hydrogens (tertiary/aromatic N) is 2. The van der Waals surface area contributed by atoms with Gasteiger partial charge in [0.15, 0.2) is 0 Å². The van der Waals surface area contributed by atoms with Crippen molar-refractivity contribution in [1.82, 2.24) is 15.5 Å². The van der Waals surface area contributed by atoms with Crippen molar-refractivity contribution in [2.75, 3.05) is 0 Å². The Balaban J connectivity index is 2.16. The molecule has 1 aromatic carbocycles. The Morgan fingerprint density at radius 2 is 1.92 bits per heavy atom. The highest BCUT2D eigenvalue weighted by molar-refractivity contribution is 5.94. The first-order chi connectivity index (χ1) is 11.8. The molecule has 2 aromatic rings. The molecular weight excluding hydrogens is 337 g/mol. The third-order valence-corrected chi connectivity index (χ3v) is 3.24. The van der Waals surface area contributed by atoms with Crippen LogP contribution in [-0.4, -0.2) is 22.2 Å². The number of ketones is 1. The van der Waals surface area contributed by atoms with Crippen molar-refractivity contribution in [2.24, 2.45) is 5.73 Å². The number of nitrogens with one attached hydrogen (secondary N) is 1. The SMILES string of the molecule is CC(N)c1nnc(C(Cc2ccccc2)N/C=C/C(=O)C(F)(F)F)o1. The first-order valence-corrected chi connectivity index (χ1v) is 7.44. The lowest BCUT2D eigenvalue weighted by Gasteiger charge is -2.13. The average Bonchev–Trinajstić information content (AvgIpc) is 3.04. The molecule has 0 aliphatic carbocycles. The number of carbonyl (C=O) groups is 1. The van der Waals surface area contributed by atoms with E-state index in [0.717, 1.165) is 11.8 Å². The van der Waals surface area contributed by atoms with E-state index >= 15 is 0 Å². The second kappa shape index (κ2) is 7.93. The van der Waals surface area contributed by atoms with Crippen LogP contribution in [0, 0.1) is 0 Å². The largest absolute Gasteiger partial charge is 0.454 e. The predicted molar refractivity (Wildman–Crippen MR) is 83.1 cm³/mol. The van der Waals surface area contributed by atoms with E-state index in [2.05, 4.69) is 15.5 Å². The molecule has 25 heavy (non-hydrogen) atoms. The van der Waals surface area contributed by atoms with Gasteiger partial charge in [-0.1, -0.05) is 30.3 Å². The maximum atomic E-state index is 12.3. The summed E-state index contributed by atoms with van der Waals surface area (Å²) in [7, 11) is 0. The number of alkyl halides is 3. The fraction of sp³-hybridized carbons (Fsp3) is 0.312. The molecule has 2 rings (SSSR count). The molecule has 0 aliphatic heterocycles. The second-order valence-electron chi connectivity index (χ2n) is 5.37. The predicted octanol–water partition coefficient (Wildman–Crippen LogP) is 2.61. The van der Waals surface area contributed by atoms with Gasteiger partial charge in [-0.3, -0.25) is 4.79 Å². The molecule has 0 spiro atoms. The van der Waals surface area contributed by atoms with Crippen LogP contribution >= 0.6 is 0 Å². The molecule has 0 radical (unpaired) electrons. The molecule has 1 heterocycles. The number of aromatic nitrogens is 2. The minimum Gasteiger partial charge on any atom is -0.421 e. The zero-order chi connectivity index (χ0) is 18.4. The molecule has 3 N–H and O–H groups in total. The third kappa shape index (κ3) is 5.42. The van der Waals surface area contributed by atoms with Gasteiger partial charge in [-0.2, -0.15) is 13.2 Å². The van der Waals surface area contributed by atoms with E-state index in [9.17, 15) is 18.0 Å². The molecule has 0 saturated heterocycles. The number of carbonyl (C=O) groups excluding carboxylic acids is 1. The topological polar surface area (TPSA) is 94.0 Å². The third-order valence-electron chi connectivity index (χ3n) is 3.24. The summed E-state index contributed by atoms with van der Waals surface area (Å²) >= 11 is 0. The molecule has 2 unspecified atom stereocenters. The van der Waals surface area contributed by atoms with Crippen molar-refractivity contribution in [3.63, 3.8) is 0 Å². The van der Waals surface area contributed by atoms with Crippen LogP contribution in [0.2, 0.25) is 0 Å². The van der Waals surface area contributed by atoms with E-state index in [0.29, 0.717) is 12.5 Å². The maximum Gasteiger partial charge on any atom is 0.454 e. The molecule has 0 fully saturated rings. The smallest absolute Gasteiger partial charge is 0.421 e. The van der Waals surface area contributed by atoms with Crippen LogP contribution in [-0.2, 0) is 11.2 Å². The van der Waals surface area contributed by atoms with E-state index in [1.807, 2.05) is 30.3 Å². The second-order valence-corrected chi connectivity index (χ2v) is 5.37. The standard InChI is InChI=1S/C16H17F3N4O2/c1-10(20)14-22-23-15(25-14)12(9-11-5-3-2-4-6-11)21-8-7-13(24)16(17,18)19/h2-8,10,12,21H,9,20H2,1H3/b8-7+. The highest BCUT2D eigenvalue weighted by Crippen LogP contribution is 2.20. The van der Waals surface area contributed by atoms with E-state index in [-0.39, 0.29) is 11.8 Å². The van der Waals surface area contributed by atoms with Crippen molar-refractivity contribution in [3.05, 3.63) is 60.0 Å². The van der Waals surface area contributed by atoms with Crippen molar-refractivity contribution >= 4 is 5.78 Å². The Bertz CT molecular complexity index is 726. The van der Waals surface area contributed by atoms with Crippen LogP contribution < -0.4 is 11.1 Å². The molecule has 2 atom stereocenters. The number of hydrogen-bond donors (Lipinski definition) is 2. The maximum absolute atomic E-state index is 12.3. The lowest BCUT2D eigenvalue weighted by Crippen LogP contribution is -2.23. The lowest BCUT2D eigenvalue weighted by molar-refractivity contribution is -0.165. The normalized spacial score (nSPS) is 14.4. The Labute approximate surface area is 141 Å². The molecule has 0 saturated carbocycles. The molecule has 0 aliphatic rings. The summed E-state index contributed by atoms with van der Waals surface area (Å²) in [5.74, 6) is -1.58. The van der Waals surface area contributed by atoms with Crippen LogP contribution in [0.5, 0.6) is 0 Å². The summed E-state index contributed by atoms with van der Waals surface area (Å²) < 4.78 is 42.2. The quantitative estimate of drug-likeness (QED) is 0.743. The highest BCUT2D eigenvalue weighted by atomic mass is 19.4. The lowest BCUT2D eigenvalue weighted by atomic mass is 10.1. The number of rotatable bonds is 7. The van der Waals surface area contributed by atoms with Gasteiger partial charge in [-0.15, -0.1) is 10.2 Å². The van der Waals surface area contributed by atoms with Gasteiger partial charge in [0.1, 0.15) is 6.04 Å². The zero-order valence-corrected chi connectivity index (χ0v) is 13.3. The molecular formula is C16H17F3N4O2. The first-order valence-electron chi connectivity index (χ1n) is 7.44. The number of halogens is 3. The van der Waals surface area contributed by atoms with Crippen molar-refractivity contribution in [3.8, 4) is 0 Å². The van der Waals surface area contributed by atoms with Gasteiger partial charge in [0.25, 0.3) is 5.78 Å².